The Morgan fingerprint density at radius 3 is 2.22 bits per heavy atom. The molecule has 7 aromatic rings. The van der Waals surface area contributed by atoms with Gasteiger partial charge in [-0.05, 0) is 31.6 Å². The summed E-state index contributed by atoms with van der Waals surface area (Å²) in [6.45, 7) is 1.97. The van der Waals surface area contributed by atoms with Gasteiger partial charge < -0.3 is 35.2 Å². The third-order valence-electron chi connectivity index (χ3n) is 7.44. The molecule has 1 aliphatic rings. The summed E-state index contributed by atoms with van der Waals surface area (Å²) < 4.78 is 13.8. The predicted molar refractivity (Wildman–Crippen MR) is 190 cm³/mol. The second-order valence-electron chi connectivity index (χ2n) is 10.9. The molecule has 0 bridgehead atoms. The van der Waals surface area contributed by atoms with Crippen LogP contribution in [0.25, 0.3) is 33.2 Å². The number of para-hydroxylation sites is 1. The number of benzene rings is 5. The molecule has 0 fully saturated rings. The number of anilines is 1. The molecule has 3 heterocycles. The van der Waals surface area contributed by atoms with Crippen LogP contribution < -0.4 is 14.4 Å². The van der Waals surface area contributed by atoms with Crippen LogP contribution in [0.2, 0.25) is 0 Å². The van der Waals surface area contributed by atoms with Crippen LogP contribution in [0.5, 0.6) is 23.0 Å². The maximum Gasteiger partial charge on any atom is 4.00 e. The Morgan fingerprint density at radius 1 is 0.725 bits per heavy atom. The van der Waals surface area contributed by atoms with Crippen molar-refractivity contribution in [2.45, 2.75) is 0 Å². The molecule has 0 unspecified atom stereocenters. The molecule has 0 amide bonds. The van der Waals surface area contributed by atoms with Crippen molar-refractivity contribution in [3.63, 3.8) is 0 Å². The molecular weight excluding hydrogens is 995 g/mol. The Balaban J connectivity index is 0.000000503. The van der Waals surface area contributed by atoms with Crippen LogP contribution in [0.15, 0.2) is 140 Å². The summed E-state index contributed by atoms with van der Waals surface area (Å²) in [5.41, 5.74) is 4.15. The smallest absolute Gasteiger partial charge is 0.669 e. The summed E-state index contributed by atoms with van der Waals surface area (Å²) in [6, 6.07) is 53.7. The first-order valence-corrected chi connectivity index (χ1v) is 15.4. The summed E-state index contributed by atoms with van der Waals surface area (Å²) >= 11 is 0. The Bertz CT molecular complexity index is 2270. The molecule has 6 nitrogen and oxygen atoms in total. The minimum absolute atomic E-state index is 0. The Morgan fingerprint density at radius 2 is 1.47 bits per heavy atom. The first-order chi connectivity index (χ1) is 24.1. The van der Waals surface area contributed by atoms with Crippen LogP contribution in [-0.4, -0.2) is 21.5 Å². The van der Waals surface area contributed by atoms with Crippen molar-refractivity contribution in [2.75, 3.05) is 11.9 Å². The van der Waals surface area contributed by atoms with Crippen LogP contribution >= 0.6 is 0 Å². The number of fused-ring (bicyclic) bond motifs is 1. The number of hydrogen-bond donors (Lipinski definition) is 0. The quantitative estimate of drug-likeness (QED) is 0.118. The summed E-state index contributed by atoms with van der Waals surface area (Å²) in [5.74, 6) is 2.40. The van der Waals surface area contributed by atoms with E-state index in [1.54, 1.807) is 23.2 Å². The molecule has 0 spiro atoms. The zero-order valence-corrected chi connectivity index (χ0v) is 31.6. The van der Waals surface area contributed by atoms with Crippen molar-refractivity contribution >= 4 is 16.5 Å². The number of aromatic nitrogens is 2. The number of pyridine rings is 1. The normalized spacial score (nSPS) is 11.5. The molecule has 8 rings (SSSR count). The van der Waals surface area contributed by atoms with Gasteiger partial charge >= 0.3 is 21.1 Å². The average molecular weight is 1020 g/mol. The predicted octanol–water partition coefficient (Wildman–Crippen LogP) is 9.38. The molecule has 0 N–H and O–H groups in total. The van der Waals surface area contributed by atoms with Crippen molar-refractivity contribution in [2.24, 2.45) is 0 Å². The minimum Gasteiger partial charge on any atom is -0.669 e. The van der Waals surface area contributed by atoms with Crippen molar-refractivity contribution in [1.82, 2.24) is 14.5 Å². The Kier molecular flexibility index (Phi) is 12.7. The molecule has 0 saturated carbocycles. The Labute approximate surface area is 327 Å². The summed E-state index contributed by atoms with van der Waals surface area (Å²) in [6.07, 6.45) is 15.7. The number of nitrogens with zero attached hydrogens (tertiary/aromatic N) is 4. The van der Waals surface area contributed by atoms with E-state index in [-0.39, 0.29) is 42.1 Å². The van der Waals surface area contributed by atoms with Gasteiger partial charge in [0.05, 0.1) is 0 Å². The fraction of sp³-hybridized carbons (Fsp3) is 0.0233. The van der Waals surface area contributed by atoms with E-state index in [1.165, 1.54) is 0 Å². The number of rotatable bonds is 7. The van der Waals surface area contributed by atoms with E-state index >= 15 is 0 Å². The Hall–Kier alpha value is -5.33. The fourth-order valence-corrected chi connectivity index (χ4v) is 5.15. The second kappa shape index (κ2) is 17.5. The van der Waals surface area contributed by atoms with Crippen LogP contribution in [0.3, 0.4) is 0 Å². The molecule has 0 radical (unpaired) electrons. The molecule has 0 atom stereocenters. The van der Waals surface area contributed by atoms with Crippen LogP contribution in [0, 0.1) is 49.5 Å². The monoisotopic (exact) mass is 1020 g/mol. The van der Waals surface area contributed by atoms with Crippen molar-refractivity contribution < 1.29 is 51.6 Å². The molecule has 0 saturated heterocycles. The number of ether oxygens (including phenoxy) is 2. The number of hydrogen-bond acceptors (Lipinski definition) is 5. The van der Waals surface area contributed by atoms with Gasteiger partial charge in [-0.1, -0.05) is 42.2 Å². The van der Waals surface area contributed by atoms with Gasteiger partial charge in [0.2, 0.25) is 0 Å². The van der Waals surface area contributed by atoms with Gasteiger partial charge in [0.1, 0.15) is 0 Å². The van der Waals surface area contributed by atoms with Gasteiger partial charge in [0, 0.05) is 56.5 Å². The van der Waals surface area contributed by atoms with Crippen LogP contribution in [0.4, 0.5) is 5.69 Å². The van der Waals surface area contributed by atoms with Crippen LogP contribution in [0.1, 0.15) is 0 Å². The average Bonchev–Trinajstić information content (AvgIpc) is 3.85. The van der Waals surface area contributed by atoms with Gasteiger partial charge in [-0.15, -0.1) is 71.2 Å². The van der Waals surface area contributed by atoms with E-state index < -0.39 is 0 Å². The van der Waals surface area contributed by atoms with Crippen molar-refractivity contribution in [3.05, 3.63) is 184 Å². The summed E-state index contributed by atoms with van der Waals surface area (Å²) in [7, 11) is 1.98. The molecule has 2 aromatic heterocycles. The zero-order chi connectivity index (χ0) is 33.4. The molecule has 8 heteroatoms. The van der Waals surface area contributed by atoms with E-state index in [2.05, 4.69) is 53.5 Å². The fourth-order valence-electron chi connectivity index (χ4n) is 5.15. The third kappa shape index (κ3) is 9.27. The standard InChI is InChI=1S/C37H23N3O2.C6H4N.2Pt/c1-39-19-20-40(26-39)30-11-8-15-33(24-30)42-32-14-7-10-29(22-32)37-23-28(17-18-38-37)36-25-34(41-31-12-3-2-4-13-31)21-27-9-5-6-16-35(27)36;1-2-7-5-3-4-6-7;;/h2-12,14-16,18-21,23,26H,1H3;3-6H;;/q-6;-1;;+4. The second-order valence-corrected chi connectivity index (χ2v) is 10.9. The topological polar surface area (TPSA) is 42.8 Å². The molecule has 5 aromatic carbocycles. The molecule has 254 valence electrons. The third-order valence-corrected chi connectivity index (χ3v) is 7.44. The first-order valence-electron chi connectivity index (χ1n) is 15.4. The van der Waals surface area contributed by atoms with Crippen molar-refractivity contribution in [3.8, 4) is 51.4 Å². The van der Waals surface area contributed by atoms with Gasteiger partial charge in [-0.2, -0.15) is 42.4 Å². The molecule has 51 heavy (non-hydrogen) atoms. The van der Waals surface area contributed by atoms with E-state index in [9.17, 15) is 0 Å². The van der Waals surface area contributed by atoms with E-state index in [4.69, 9.17) is 15.9 Å². The van der Waals surface area contributed by atoms with E-state index in [0.29, 0.717) is 23.0 Å². The van der Waals surface area contributed by atoms with Gasteiger partial charge in [-0.25, -0.2) is 23.7 Å². The largest absolute Gasteiger partial charge is 4.00 e. The first kappa shape index (κ1) is 36.9. The van der Waals surface area contributed by atoms with E-state index in [1.807, 2.05) is 133 Å². The van der Waals surface area contributed by atoms with Gasteiger partial charge in [0.25, 0.3) is 0 Å². The summed E-state index contributed by atoms with van der Waals surface area (Å²) in [4.78, 5) is 8.56. The minimum atomic E-state index is 0. The van der Waals surface area contributed by atoms with Gasteiger partial charge in [-0.3, -0.25) is 5.56 Å². The molecule has 0 aliphatic carbocycles. The maximum atomic E-state index is 6.57. The zero-order valence-electron chi connectivity index (χ0n) is 27.1. The van der Waals surface area contributed by atoms with Crippen LogP contribution in [-0.2, 0) is 42.1 Å². The summed E-state index contributed by atoms with van der Waals surface area (Å²) in [5, 5.41) is 2.08. The van der Waals surface area contributed by atoms with Gasteiger partial charge in [0.15, 0.2) is 0 Å². The molecule has 1 aliphatic heterocycles. The van der Waals surface area contributed by atoms with E-state index in [0.717, 1.165) is 38.8 Å². The van der Waals surface area contributed by atoms with Crippen molar-refractivity contribution in [1.29, 1.82) is 0 Å². The maximum absolute atomic E-state index is 6.57. The SMILES string of the molecule is CN1C=CN(c2[c-]c(Oc3[c-]c(-c4cc(-c5[c-]c(Oc6[c-]cccc6)cc6ccccc56)[c-]cn4)ccc3)ccc2)[CH-]1.[C-]#Cn1cccc1.[Pt+4].[Pt]. The molecular formula is C43H27N4O2Pt2-3.